The number of anilines is 2. The molecule has 0 bridgehead atoms. The Kier molecular flexibility index (Phi) is 5.85. The van der Waals surface area contributed by atoms with Crippen molar-refractivity contribution in [3.63, 3.8) is 0 Å². The molecule has 0 saturated carbocycles. The third-order valence-corrected chi connectivity index (χ3v) is 4.49. The average Bonchev–Trinajstić information content (AvgIpc) is 2.69. The number of nitrogens with zero attached hydrogens (tertiary/aromatic N) is 4. The van der Waals surface area contributed by atoms with Crippen LogP contribution in [-0.2, 0) is 4.79 Å². The molecular weight excluding hydrogens is 348 g/mol. The van der Waals surface area contributed by atoms with Crippen LogP contribution in [0.1, 0.15) is 19.8 Å². The quantitative estimate of drug-likeness (QED) is 0.334. The molecule has 3 rings (SSSR count). The van der Waals surface area contributed by atoms with Gasteiger partial charge >= 0.3 is 11.7 Å². The molecule has 1 aromatic carbocycles. The van der Waals surface area contributed by atoms with Gasteiger partial charge in [0.1, 0.15) is 0 Å². The Labute approximate surface area is 157 Å². The van der Waals surface area contributed by atoms with Gasteiger partial charge in [-0.2, -0.15) is 0 Å². The second-order valence-electron chi connectivity index (χ2n) is 6.31. The van der Waals surface area contributed by atoms with Gasteiger partial charge in [-0.3, -0.25) is 19.9 Å². The van der Waals surface area contributed by atoms with E-state index in [9.17, 15) is 14.9 Å². The highest BCUT2D eigenvalue weighted by molar-refractivity contribution is 5.74. The van der Waals surface area contributed by atoms with Gasteiger partial charge in [-0.15, -0.1) is 0 Å². The van der Waals surface area contributed by atoms with Crippen LogP contribution in [0.2, 0.25) is 0 Å². The fraction of sp³-hybridized carbons (Fsp3) is 0.368. The van der Waals surface area contributed by atoms with Crippen LogP contribution in [0.5, 0.6) is 5.75 Å². The van der Waals surface area contributed by atoms with Crippen LogP contribution in [0.15, 0.2) is 42.7 Å². The minimum absolute atomic E-state index is 0.00220. The first-order chi connectivity index (χ1) is 13.1. The van der Waals surface area contributed by atoms with E-state index in [-0.39, 0.29) is 17.9 Å². The van der Waals surface area contributed by atoms with Crippen molar-refractivity contribution in [1.82, 2.24) is 4.98 Å². The van der Waals surface area contributed by atoms with Gasteiger partial charge in [0.15, 0.2) is 0 Å². The second-order valence-corrected chi connectivity index (χ2v) is 6.31. The van der Waals surface area contributed by atoms with Gasteiger partial charge in [0.2, 0.25) is 5.75 Å². The van der Waals surface area contributed by atoms with E-state index in [4.69, 9.17) is 4.74 Å². The molecule has 0 unspecified atom stereocenters. The van der Waals surface area contributed by atoms with Crippen LogP contribution >= 0.6 is 0 Å². The average molecular weight is 370 g/mol. The van der Waals surface area contributed by atoms with Crippen LogP contribution in [-0.4, -0.2) is 42.1 Å². The maximum Gasteiger partial charge on any atom is 0.313 e. The number of nitro groups is 1. The Hall–Kier alpha value is -3.16. The number of carbonyl (C=O) groups is 1. The number of nitro benzene ring substituents is 1. The van der Waals surface area contributed by atoms with E-state index in [1.54, 1.807) is 18.5 Å². The Balaban J connectivity index is 1.71. The summed E-state index contributed by atoms with van der Waals surface area (Å²) in [5, 5.41) is 11.4. The summed E-state index contributed by atoms with van der Waals surface area (Å²) in [6, 6.07) is 8.70. The highest BCUT2D eigenvalue weighted by Crippen LogP contribution is 2.32. The van der Waals surface area contributed by atoms with Crippen molar-refractivity contribution in [2.24, 2.45) is 0 Å². The molecule has 2 aromatic rings. The van der Waals surface area contributed by atoms with Gasteiger partial charge in [0.25, 0.3) is 0 Å². The van der Waals surface area contributed by atoms with E-state index in [1.165, 1.54) is 12.1 Å². The predicted molar refractivity (Wildman–Crippen MR) is 102 cm³/mol. The largest absolute Gasteiger partial charge is 0.419 e. The number of pyridine rings is 1. The lowest BCUT2D eigenvalue weighted by molar-refractivity contribution is -0.385. The van der Waals surface area contributed by atoms with E-state index in [1.807, 2.05) is 19.1 Å². The van der Waals surface area contributed by atoms with Gasteiger partial charge in [0, 0.05) is 62.4 Å². The molecule has 0 atom stereocenters. The topological polar surface area (TPSA) is 88.8 Å². The van der Waals surface area contributed by atoms with Crippen molar-refractivity contribution in [3.8, 4) is 5.75 Å². The SMILES string of the molecule is CCCC(=O)Oc1ccc(N2CCN(c3ccncc3)CC2)cc1[N+](=O)[O-]. The summed E-state index contributed by atoms with van der Waals surface area (Å²) >= 11 is 0. The zero-order valence-electron chi connectivity index (χ0n) is 15.2. The molecule has 8 nitrogen and oxygen atoms in total. The summed E-state index contributed by atoms with van der Waals surface area (Å²) in [4.78, 5) is 31.0. The van der Waals surface area contributed by atoms with E-state index in [0.29, 0.717) is 6.42 Å². The Bertz CT molecular complexity index is 805. The predicted octanol–water partition coefficient (Wildman–Crippen LogP) is 3.02. The first-order valence-electron chi connectivity index (χ1n) is 8.97. The number of benzene rings is 1. The van der Waals surface area contributed by atoms with Crippen LogP contribution in [0.4, 0.5) is 17.1 Å². The second kappa shape index (κ2) is 8.48. The standard InChI is InChI=1S/C19H22N4O4/c1-2-3-19(24)27-18-5-4-16(14-17(18)23(25)26)22-12-10-21(11-13-22)15-6-8-20-9-7-15/h4-9,14H,2-3,10-13H2,1H3. The molecular formula is C19H22N4O4. The summed E-state index contributed by atoms with van der Waals surface area (Å²) < 4.78 is 5.15. The summed E-state index contributed by atoms with van der Waals surface area (Å²) in [5.74, 6) is -0.461. The van der Waals surface area contributed by atoms with Crippen molar-refractivity contribution >= 4 is 23.0 Å². The highest BCUT2D eigenvalue weighted by Gasteiger charge is 2.23. The molecule has 0 radical (unpaired) electrons. The lowest BCUT2D eigenvalue weighted by Gasteiger charge is -2.37. The summed E-state index contributed by atoms with van der Waals surface area (Å²) in [7, 11) is 0. The molecule has 0 N–H and O–H groups in total. The van der Waals surface area contributed by atoms with Gasteiger partial charge in [-0.25, -0.2) is 0 Å². The summed E-state index contributed by atoms with van der Waals surface area (Å²) in [6.45, 7) is 4.96. The fourth-order valence-electron chi connectivity index (χ4n) is 3.09. The van der Waals surface area contributed by atoms with Crippen LogP contribution in [0.3, 0.4) is 0 Å². The minimum atomic E-state index is -0.509. The summed E-state index contributed by atoms with van der Waals surface area (Å²) in [6.07, 6.45) is 4.40. The zero-order valence-corrected chi connectivity index (χ0v) is 15.2. The lowest BCUT2D eigenvalue weighted by atomic mass is 10.2. The third-order valence-electron chi connectivity index (χ3n) is 4.49. The van der Waals surface area contributed by atoms with Crippen molar-refractivity contribution in [2.75, 3.05) is 36.0 Å². The van der Waals surface area contributed by atoms with Crippen molar-refractivity contribution in [1.29, 1.82) is 0 Å². The summed E-state index contributed by atoms with van der Waals surface area (Å²) in [5.41, 5.74) is 1.69. The Morgan fingerprint density at radius 3 is 2.33 bits per heavy atom. The van der Waals surface area contributed by atoms with Crippen LogP contribution in [0, 0.1) is 10.1 Å². The smallest absolute Gasteiger partial charge is 0.313 e. The van der Waals surface area contributed by atoms with E-state index in [0.717, 1.165) is 37.6 Å². The van der Waals surface area contributed by atoms with E-state index < -0.39 is 10.9 Å². The number of piperazine rings is 1. The number of carbonyl (C=O) groups excluding carboxylic acids is 1. The third kappa shape index (κ3) is 4.52. The van der Waals surface area contributed by atoms with Gasteiger partial charge in [-0.05, 0) is 30.7 Å². The number of esters is 1. The van der Waals surface area contributed by atoms with Crippen LogP contribution < -0.4 is 14.5 Å². The molecule has 27 heavy (non-hydrogen) atoms. The first kappa shape index (κ1) is 18.6. The lowest BCUT2D eigenvalue weighted by Crippen LogP contribution is -2.46. The molecule has 0 aliphatic carbocycles. The molecule has 1 saturated heterocycles. The van der Waals surface area contributed by atoms with Gasteiger partial charge in [-0.1, -0.05) is 6.92 Å². The van der Waals surface area contributed by atoms with Crippen molar-refractivity contribution in [3.05, 3.63) is 52.8 Å². The minimum Gasteiger partial charge on any atom is -0.419 e. The van der Waals surface area contributed by atoms with Crippen molar-refractivity contribution in [2.45, 2.75) is 19.8 Å². The molecule has 2 heterocycles. The Morgan fingerprint density at radius 2 is 1.74 bits per heavy atom. The molecule has 1 fully saturated rings. The van der Waals surface area contributed by atoms with Crippen LogP contribution in [0.25, 0.3) is 0 Å². The van der Waals surface area contributed by atoms with Gasteiger partial charge < -0.3 is 14.5 Å². The number of hydrogen-bond donors (Lipinski definition) is 0. The molecule has 1 aliphatic rings. The molecule has 1 aliphatic heterocycles. The fourth-order valence-corrected chi connectivity index (χ4v) is 3.09. The van der Waals surface area contributed by atoms with E-state index >= 15 is 0 Å². The van der Waals surface area contributed by atoms with Crippen molar-refractivity contribution < 1.29 is 14.5 Å². The molecule has 0 amide bonds. The Morgan fingerprint density at radius 1 is 1.11 bits per heavy atom. The monoisotopic (exact) mass is 370 g/mol. The number of ether oxygens (including phenoxy) is 1. The number of hydrogen-bond acceptors (Lipinski definition) is 7. The number of rotatable bonds is 6. The number of aromatic nitrogens is 1. The molecule has 1 aromatic heterocycles. The molecule has 0 spiro atoms. The zero-order chi connectivity index (χ0) is 19.2. The maximum atomic E-state index is 11.7. The maximum absolute atomic E-state index is 11.7. The molecule has 8 heteroatoms. The van der Waals surface area contributed by atoms with Gasteiger partial charge in [0.05, 0.1) is 4.92 Å². The first-order valence-corrected chi connectivity index (χ1v) is 8.97. The highest BCUT2D eigenvalue weighted by atomic mass is 16.6. The normalized spacial score (nSPS) is 14.1. The molecule has 142 valence electrons. The van der Waals surface area contributed by atoms with E-state index in [2.05, 4.69) is 14.8 Å².